The zero-order chi connectivity index (χ0) is 29.7. The molecule has 0 aliphatic carbocycles. The molecule has 3 heterocycles. The van der Waals surface area contributed by atoms with E-state index in [1.54, 1.807) is 11.1 Å². The molecule has 0 atom stereocenters. The zero-order valence-electron chi connectivity index (χ0n) is 25.4. The Hall–Kier alpha value is -3.85. The average molecular weight is 573 g/mol. The molecule has 1 aromatic heterocycles. The second kappa shape index (κ2) is 13.0. The Morgan fingerprint density at radius 2 is 1.57 bits per heavy atom. The molecule has 2 aliphatic rings. The molecule has 2 fully saturated rings. The van der Waals surface area contributed by atoms with Crippen LogP contribution in [0.4, 0.5) is 10.5 Å². The lowest BCUT2D eigenvalue weighted by molar-refractivity contribution is 0.0203. The summed E-state index contributed by atoms with van der Waals surface area (Å²) in [5.74, 6) is 0.000147. The number of nitrogens with zero attached hydrogens (tertiary/aromatic N) is 5. The lowest BCUT2D eigenvalue weighted by Crippen LogP contribution is -2.48. The van der Waals surface area contributed by atoms with Crippen molar-refractivity contribution < 1.29 is 14.3 Å². The van der Waals surface area contributed by atoms with E-state index in [0.717, 1.165) is 56.9 Å². The number of aromatic nitrogens is 2. The minimum Gasteiger partial charge on any atom is -0.444 e. The van der Waals surface area contributed by atoms with Crippen LogP contribution in [0.1, 0.15) is 61.1 Å². The second-order valence-corrected chi connectivity index (χ2v) is 12.4. The number of para-hydroxylation sites is 1. The van der Waals surface area contributed by atoms with Crippen LogP contribution < -0.4 is 10.2 Å². The number of likely N-dealkylation sites (tertiary alicyclic amines) is 1. The van der Waals surface area contributed by atoms with Gasteiger partial charge in [0.05, 0.1) is 23.1 Å². The Labute approximate surface area is 249 Å². The van der Waals surface area contributed by atoms with Crippen molar-refractivity contribution in [1.29, 1.82) is 0 Å². The highest BCUT2D eigenvalue weighted by molar-refractivity contribution is 5.95. The highest BCUT2D eigenvalue weighted by Gasteiger charge is 2.32. The quantitative estimate of drug-likeness (QED) is 0.436. The minimum atomic E-state index is -0.529. The number of piperazine rings is 1. The molecule has 2 saturated heterocycles. The fourth-order valence-electron chi connectivity index (χ4n) is 5.77. The van der Waals surface area contributed by atoms with Crippen molar-refractivity contribution in [3.63, 3.8) is 0 Å². The first-order chi connectivity index (χ1) is 20.2. The number of amides is 2. The standard InChI is InChI=1S/C33H44N6O3/c1-25-10-12-28(13-11-25)39-30(26-14-17-38(18-15-26)32(41)42-33(2,3)4)29(24-35-39)31(40)34-16-19-36-20-22-37(23-21-36)27-8-6-5-7-9-27/h5-13,24,26H,14-23H2,1-4H3,(H,34,40). The van der Waals surface area contributed by atoms with Crippen LogP contribution in [0.5, 0.6) is 0 Å². The topological polar surface area (TPSA) is 82.9 Å². The van der Waals surface area contributed by atoms with Gasteiger partial charge in [0.15, 0.2) is 0 Å². The maximum Gasteiger partial charge on any atom is 0.410 e. The highest BCUT2D eigenvalue weighted by Crippen LogP contribution is 2.33. The molecule has 2 aromatic carbocycles. The van der Waals surface area contributed by atoms with E-state index >= 15 is 0 Å². The number of carbonyl (C=O) groups is 2. The molecule has 3 aromatic rings. The molecule has 2 amide bonds. The first kappa shape index (κ1) is 29.6. The number of aryl methyl sites for hydroxylation is 1. The minimum absolute atomic E-state index is 0.0964. The van der Waals surface area contributed by atoms with Crippen molar-refractivity contribution in [3.05, 3.63) is 77.6 Å². The van der Waals surface area contributed by atoms with Gasteiger partial charge in [0.2, 0.25) is 0 Å². The molecule has 0 radical (unpaired) electrons. The first-order valence-electron chi connectivity index (χ1n) is 15.1. The van der Waals surface area contributed by atoms with Crippen molar-refractivity contribution in [3.8, 4) is 5.69 Å². The highest BCUT2D eigenvalue weighted by atomic mass is 16.6. The molecule has 9 heteroatoms. The number of rotatable bonds is 7. The van der Waals surface area contributed by atoms with E-state index in [1.807, 2.05) is 43.7 Å². The number of nitrogens with one attached hydrogen (secondary N) is 1. The maximum atomic E-state index is 13.5. The molecule has 0 spiro atoms. The number of piperidine rings is 1. The van der Waals surface area contributed by atoms with Gasteiger partial charge in [-0.2, -0.15) is 5.10 Å². The Morgan fingerprint density at radius 1 is 0.905 bits per heavy atom. The summed E-state index contributed by atoms with van der Waals surface area (Å²) < 4.78 is 7.50. The summed E-state index contributed by atoms with van der Waals surface area (Å²) in [5, 5.41) is 7.85. The summed E-state index contributed by atoms with van der Waals surface area (Å²) >= 11 is 0. The van der Waals surface area contributed by atoms with E-state index in [2.05, 4.69) is 63.5 Å². The van der Waals surface area contributed by atoms with Gasteiger partial charge in [-0.3, -0.25) is 9.69 Å². The number of hydrogen-bond donors (Lipinski definition) is 1. The van der Waals surface area contributed by atoms with E-state index in [1.165, 1.54) is 11.3 Å². The Kier molecular flexibility index (Phi) is 9.16. The van der Waals surface area contributed by atoms with E-state index < -0.39 is 5.60 Å². The molecular formula is C33H44N6O3. The third-order valence-electron chi connectivity index (χ3n) is 8.07. The molecule has 1 N–H and O–H groups in total. The average Bonchev–Trinajstić information content (AvgIpc) is 3.43. The van der Waals surface area contributed by atoms with Crippen LogP contribution in [-0.2, 0) is 4.74 Å². The Morgan fingerprint density at radius 3 is 2.21 bits per heavy atom. The van der Waals surface area contributed by atoms with Crippen molar-refractivity contribution >= 4 is 17.7 Å². The fourth-order valence-corrected chi connectivity index (χ4v) is 5.77. The van der Waals surface area contributed by atoms with Crippen LogP contribution in [0.25, 0.3) is 5.69 Å². The number of hydrogen-bond acceptors (Lipinski definition) is 6. The van der Waals surface area contributed by atoms with Gasteiger partial charge >= 0.3 is 6.09 Å². The lowest BCUT2D eigenvalue weighted by Gasteiger charge is -2.36. The lowest BCUT2D eigenvalue weighted by atomic mass is 9.91. The van der Waals surface area contributed by atoms with Crippen LogP contribution in [0.3, 0.4) is 0 Å². The molecular weight excluding hydrogens is 528 g/mol. The van der Waals surface area contributed by atoms with Gasteiger partial charge in [0, 0.05) is 64.0 Å². The van der Waals surface area contributed by atoms with Crippen LogP contribution in [-0.4, -0.2) is 89.5 Å². The van der Waals surface area contributed by atoms with Crippen molar-refractivity contribution in [2.75, 3.05) is 57.3 Å². The Balaban J connectivity index is 1.23. The fraction of sp³-hybridized carbons (Fsp3) is 0.485. The summed E-state index contributed by atoms with van der Waals surface area (Å²) in [6.45, 7) is 14.1. The first-order valence-corrected chi connectivity index (χ1v) is 15.1. The summed E-state index contributed by atoms with van der Waals surface area (Å²) in [4.78, 5) is 32.8. The van der Waals surface area contributed by atoms with Gasteiger partial charge in [-0.15, -0.1) is 0 Å². The molecule has 0 unspecified atom stereocenters. The van der Waals surface area contributed by atoms with Crippen molar-refractivity contribution in [2.24, 2.45) is 0 Å². The smallest absolute Gasteiger partial charge is 0.410 e. The van der Waals surface area contributed by atoms with Gasteiger partial charge in [0.25, 0.3) is 5.91 Å². The summed E-state index contributed by atoms with van der Waals surface area (Å²) in [6, 6.07) is 18.7. The van der Waals surface area contributed by atoms with Gasteiger partial charge in [-0.25, -0.2) is 9.48 Å². The summed E-state index contributed by atoms with van der Waals surface area (Å²) in [6.07, 6.45) is 2.89. The normalized spacial score (nSPS) is 16.9. The van der Waals surface area contributed by atoms with E-state index in [9.17, 15) is 9.59 Å². The predicted molar refractivity (Wildman–Crippen MR) is 166 cm³/mol. The molecule has 224 valence electrons. The molecule has 42 heavy (non-hydrogen) atoms. The van der Waals surface area contributed by atoms with Gasteiger partial charge in [-0.1, -0.05) is 35.9 Å². The maximum absolute atomic E-state index is 13.5. The van der Waals surface area contributed by atoms with Crippen LogP contribution in [0.15, 0.2) is 60.8 Å². The number of ether oxygens (including phenoxy) is 1. The third kappa shape index (κ3) is 7.31. The predicted octanol–water partition coefficient (Wildman–Crippen LogP) is 4.85. The second-order valence-electron chi connectivity index (χ2n) is 12.4. The monoisotopic (exact) mass is 572 g/mol. The molecule has 0 saturated carbocycles. The van der Waals surface area contributed by atoms with Crippen molar-refractivity contribution in [1.82, 2.24) is 24.9 Å². The molecule has 5 rings (SSSR count). The van der Waals surface area contributed by atoms with Crippen molar-refractivity contribution in [2.45, 2.75) is 52.1 Å². The molecule has 2 aliphatic heterocycles. The zero-order valence-corrected chi connectivity index (χ0v) is 25.4. The summed E-state index contributed by atoms with van der Waals surface area (Å²) in [5.41, 5.74) is 4.36. The summed E-state index contributed by atoms with van der Waals surface area (Å²) in [7, 11) is 0. The van der Waals surface area contributed by atoms with Gasteiger partial charge in [0.1, 0.15) is 5.60 Å². The number of benzene rings is 2. The number of anilines is 1. The number of carbonyl (C=O) groups excluding carboxylic acids is 2. The van der Waals surface area contributed by atoms with E-state index in [-0.39, 0.29) is 17.9 Å². The van der Waals surface area contributed by atoms with Gasteiger partial charge in [-0.05, 0) is 64.8 Å². The van der Waals surface area contributed by atoms with Crippen LogP contribution in [0.2, 0.25) is 0 Å². The van der Waals surface area contributed by atoms with Crippen LogP contribution in [0, 0.1) is 6.92 Å². The van der Waals surface area contributed by atoms with E-state index in [0.29, 0.717) is 25.2 Å². The largest absolute Gasteiger partial charge is 0.444 e. The van der Waals surface area contributed by atoms with Gasteiger partial charge < -0.3 is 19.9 Å². The van der Waals surface area contributed by atoms with Crippen LogP contribution >= 0.6 is 0 Å². The Bertz CT molecular complexity index is 1330. The third-order valence-corrected chi connectivity index (χ3v) is 8.07. The molecule has 0 bridgehead atoms. The van der Waals surface area contributed by atoms with E-state index in [4.69, 9.17) is 4.74 Å². The SMILES string of the molecule is Cc1ccc(-n2ncc(C(=O)NCCN3CCN(c4ccccc4)CC3)c2C2CCN(C(=O)OC(C)(C)C)CC2)cc1. The molecule has 9 nitrogen and oxygen atoms in total.